The molecule has 0 fully saturated rings. The Morgan fingerprint density at radius 2 is 1.93 bits per heavy atom. The van der Waals surface area contributed by atoms with Crippen LogP contribution in [0.2, 0.25) is 0 Å². The lowest BCUT2D eigenvalue weighted by Crippen LogP contribution is -2.22. The highest BCUT2D eigenvalue weighted by molar-refractivity contribution is 5.96. The van der Waals surface area contributed by atoms with Crippen molar-refractivity contribution in [3.8, 4) is 11.5 Å². The van der Waals surface area contributed by atoms with Crippen LogP contribution in [-0.2, 0) is 6.18 Å². The van der Waals surface area contributed by atoms with Crippen molar-refractivity contribution in [2.75, 3.05) is 13.2 Å². The lowest BCUT2D eigenvalue weighted by atomic mass is 10.1. The number of hydrogen-bond donors (Lipinski definition) is 1. The fourth-order valence-electron chi connectivity index (χ4n) is 2.30. The van der Waals surface area contributed by atoms with Crippen LogP contribution in [0.3, 0.4) is 0 Å². The van der Waals surface area contributed by atoms with Crippen molar-refractivity contribution < 1.29 is 27.4 Å². The summed E-state index contributed by atoms with van der Waals surface area (Å²) < 4.78 is 49.9. The van der Waals surface area contributed by atoms with Gasteiger partial charge in [0.1, 0.15) is 6.61 Å². The molecule has 0 unspecified atom stereocenters. The predicted molar refractivity (Wildman–Crippen MR) is 99.8 cm³/mol. The number of halogens is 3. The van der Waals surface area contributed by atoms with Crippen molar-refractivity contribution in [1.82, 2.24) is 5.43 Å². The number of ether oxygens (including phenoxy) is 2. The van der Waals surface area contributed by atoms with Crippen molar-refractivity contribution in [1.29, 1.82) is 0 Å². The molecule has 0 aliphatic carbocycles. The molecule has 0 spiro atoms. The van der Waals surface area contributed by atoms with Gasteiger partial charge in [0.2, 0.25) is 0 Å². The van der Waals surface area contributed by atoms with Crippen LogP contribution in [0.25, 0.3) is 0 Å². The number of nitrogens with zero attached hydrogens (tertiary/aromatic N) is 1. The molecule has 0 aromatic heterocycles. The van der Waals surface area contributed by atoms with Crippen LogP contribution in [-0.4, -0.2) is 25.3 Å². The summed E-state index contributed by atoms with van der Waals surface area (Å²) in [6, 6.07) is 9.47. The second kappa shape index (κ2) is 9.59. The number of benzene rings is 2. The average Bonchev–Trinajstić information content (AvgIpc) is 2.67. The van der Waals surface area contributed by atoms with Crippen LogP contribution >= 0.6 is 0 Å². The Labute approximate surface area is 160 Å². The minimum absolute atomic E-state index is 0.308. The Bertz CT molecular complexity index is 864. The van der Waals surface area contributed by atoms with E-state index in [0.717, 1.165) is 12.1 Å². The smallest absolute Gasteiger partial charge is 0.417 e. The summed E-state index contributed by atoms with van der Waals surface area (Å²) in [6.45, 7) is 6.11. The number of hydrazone groups is 1. The van der Waals surface area contributed by atoms with E-state index in [2.05, 4.69) is 17.1 Å². The molecule has 1 N–H and O–H groups in total. The van der Waals surface area contributed by atoms with Crippen LogP contribution in [0.15, 0.2) is 60.2 Å². The number of amides is 1. The van der Waals surface area contributed by atoms with Crippen molar-refractivity contribution in [2.45, 2.75) is 13.1 Å². The molecule has 0 saturated carbocycles. The molecule has 0 aliphatic rings. The molecule has 28 heavy (non-hydrogen) atoms. The maximum Gasteiger partial charge on any atom is 0.417 e. The summed E-state index contributed by atoms with van der Waals surface area (Å²) in [5.74, 6) is 0.0317. The third kappa shape index (κ3) is 5.60. The van der Waals surface area contributed by atoms with E-state index in [1.165, 1.54) is 18.3 Å². The molecule has 1 amide bonds. The quantitative estimate of drug-likeness (QED) is 0.411. The summed E-state index contributed by atoms with van der Waals surface area (Å²) in [5, 5.41) is 3.73. The summed E-state index contributed by atoms with van der Waals surface area (Å²) in [5.41, 5.74) is 1.15. The fraction of sp³-hybridized carbons (Fsp3) is 0.200. The molecule has 0 radical (unpaired) electrons. The van der Waals surface area contributed by atoms with Gasteiger partial charge in [0.25, 0.3) is 5.91 Å². The van der Waals surface area contributed by atoms with Gasteiger partial charge in [0.05, 0.1) is 23.9 Å². The van der Waals surface area contributed by atoms with E-state index in [9.17, 15) is 18.0 Å². The average molecular weight is 392 g/mol. The molecule has 8 heteroatoms. The van der Waals surface area contributed by atoms with Gasteiger partial charge in [0.15, 0.2) is 11.5 Å². The third-order valence-electron chi connectivity index (χ3n) is 3.48. The molecule has 0 saturated heterocycles. The highest BCUT2D eigenvalue weighted by atomic mass is 19.4. The minimum atomic E-state index is -4.63. The maximum atomic E-state index is 13.0. The van der Waals surface area contributed by atoms with Crippen LogP contribution in [0.5, 0.6) is 11.5 Å². The normalized spacial score (nSPS) is 11.3. The molecule has 0 bridgehead atoms. The Kier molecular flexibility index (Phi) is 7.20. The van der Waals surface area contributed by atoms with Gasteiger partial charge in [-0.15, -0.1) is 0 Å². The monoisotopic (exact) mass is 392 g/mol. The van der Waals surface area contributed by atoms with Crippen LogP contribution in [0.1, 0.15) is 28.4 Å². The van der Waals surface area contributed by atoms with E-state index in [-0.39, 0.29) is 0 Å². The number of carbonyl (C=O) groups is 1. The van der Waals surface area contributed by atoms with Crippen LogP contribution in [0.4, 0.5) is 13.2 Å². The van der Waals surface area contributed by atoms with Gasteiger partial charge in [-0.3, -0.25) is 4.79 Å². The second-order valence-corrected chi connectivity index (χ2v) is 5.48. The Morgan fingerprint density at radius 1 is 1.18 bits per heavy atom. The van der Waals surface area contributed by atoms with Gasteiger partial charge in [-0.05, 0) is 42.8 Å². The summed E-state index contributed by atoms with van der Waals surface area (Å²) in [4.78, 5) is 12.1. The van der Waals surface area contributed by atoms with Gasteiger partial charge < -0.3 is 9.47 Å². The van der Waals surface area contributed by atoms with Gasteiger partial charge >= 0.3 is 6.18 Å². The molecule has 5 nitrogen and oxygen atoms in total. The van der Waals surface area contributed by atoms with E-state index in [0.29, 0.717) is 30.3 Å². The molecule has 0 atom stereocenters. The summed E-state index contributed by atoms with van der Waals surface area (Å²) in [7, 11) is 0. The molecule has 2 rings (SSSR count). The zero-order valence-corrected chi connectivity index (χ0v) is 15.1. The van der Waals surface area contributed by atoms with Crippen molar-refractivity contribution >= 4 is 12.1 Å². The first-order valence-corrected chi connectivity index (χ1v) is 8.37. The molecule has 2 aromatic carbocycles. The van der Waals surface area contributed by atoms with E-state index in [4.69, 9.17) is 9.47 Å². The SMILES string of the molecule is C=CCOc1ccc(/C=N\NC(=O)c2ccccc2C(F)(F)F)cc1OCC. The predicted octanol–water partition coefficient (Wildman–Crippen LogP) is 4.43. The van der Waals surface area contributed by atoms with Crippen LogP contribution < -0.4 is 14.9 Å². The van der Waals surface area contributed by atoms with E-state index in [1.54, 1.807) is 24.3 Å². The van der Waals surface area contributed by atoms with Crippen LogP contribution in [0, 0.1) is 0 Å². The first-order chi connectivity index (χ1) is 13.4. The Morgan fingerprint density at radius 3 is 2.61 bits per heavy atom. The first kappa shape index (κ1) is 21.0. The summed E-state index contributed by atoms with van der Waals surface area (Å²) in [6.07, 6.45) is -1.74. The van der Waals surface area contributed by atoms with E-state index < -0.39 is 23.2 Å². The number of rotatable bonds is 8. The summed E-state index contributed by atoms with van der Waals surface area (Å²) >= 11 is 0. The maximum absolute atomic E-state index is 13.0. The number of nitrogens with one attached hydrogen (secondary N) is 1. The van der Waals surface area contributed by atoms with E-state index in [1.807, 2.05) is 6.92 Å². The van der Waals surface area contributed by atoms with Gasteiger partial charge in [-0.1, -0.05) is 24.8 Å². The topological polar surface area (TPSA) is 59.9 Å². The third-order valence-corrected chi connectivity index (χ3v) is 3.48. The van der Waals surface area contributed by atoms with Crippen molar-refractivity contribution in [3.63, 3.8) is 0 Å². The zero-order valence-electron chi connectivity index (χ0n) is 15.1. The number of alkyl halides is 3. The van der Waals surface area contributed by atoms with Gasteiger partial charge in [-0.2, -0.15) is 18.3 Å². The minimum Gasteiger partial charge on any atom is -0.490 e. The zero-order chi connectivity index (χ0) is 20.6. The fourth-order valence-corrected chi connectivity index (χ4v) is 2.30. The van der Waals surface area contributed by atoms with E-state index >= 15 is 0 Å². The molecule has 2 aromatic rings. The molecular weight excluding hydrogens is 373 g/mol. The lowest BCUT2D eigenvalue weighted by molar-refractivity contribution is -0.137. The highest BCUT2D eigenvalue weighted by Gasteiger charge is 2.34. The molecule has 148 valence electrons. The lowest BCUT2D eigenvalue weighted by Gasteiger charge is -2.11. The Balaban J connectivity index is 2.13. The van der Waals surface area contributed by atoms with Gasteiger partial charge in [0, 0.05) is 0 Å². The van der Waals surface area contributed by atoms with Gasteiger partial charge in [-0.25, -0.2) is 5.43 Å². The molecule has 0 heterocycles. The van der Waals surface area contributed by atoms with Crippen molar-refractivity contribution in [3.05, 3.63) is 71.8 Å². The highest BCUT2D eigenvalue weighted by Crippen LogP contribution is 2.32. The standard InChI is InChI=1S/C20H19F3N2O3/c1-3-11-28-17-10-9-14(12-18(17)27-4-2)13-24-25-19(26)15-7-5-6-8-16(15)20(21,22)23/h3,5-10,12-13H,1,4,11H2,2H3,(H,25,26)/b24-13-. The molecule has 0 aliphatic heterocycles. The largest absolute Gasteiger partial charge is 0.490 e. The van der Waals surface area contributed by atoms with Crippen molar-refractivity contribution in [2.24, 2.45) is 5.10 Å². The molecular formula is C20H19F3N2O3. The number of carbonyl (C=O) groups excluding carboxylic acids is 1. The second-order valence-electron chi connectivity index (χ2n) is 5.48. The first-order valence-electron chi connectivity index (χ1n) is 8.37. The number of hydrogen-bond acceptors (Lipinski definition) is 4. The Hall–Kier alpha value is -3.29.